The van der Waals surface area contributed by atoms with E-state index in [2.05, 4.69) is 11.9 Å². The average Bonchev–Trinajstić information content (AvgIpc) is 2.67. The van der Waals surface area contributed by atoms with E-state index in [-0.39, 0.29) is 17.5 Å². The van der Waals surface area contributed by atoms with Gasteiger partial charge >= 0.3 is 0 Å². The molecule has 4 heteroatoms. The number of likely N-dealkylation sites (tertiary alicyclic amines) is 1. The minimum atomic E-state index is -0.0374. The fourth-order valence-electron chi connectivity index (χ4n) is 2.65. The molecule has 0 spiro atoms. The fourth-order valence-corrected chi connectivity index (χ4v) is 2.65. The Kier molecular flexibility index (Phi) is 3.26. The Labute approximate surface area is 102 Å². The number of aryl methyl sites for hydroxylation is 1. The first-order chi connectivity index (χ1) is 8.02. The molecule has 1 aliphatic heterocycles. The molecule has 0 aromatic heterocycles. The SMILES string of the molecule is Cc1cc(C2CC(CN)CN2C)cc(O)c1O. The first-order valence-electron chi connectivity index (χ1n) is 5.95. The highest BCUT2D eigenvalue weighted by molar-refractivity contribution is 5.47. The summed E-state index contributed by atoms with van der Waals surface area (Å²) >= 11 is 0. The van der Waals surface area contributed by atoms with E-state index in [0.29, 0.717) is 18.0 Å². The number of hydrogen-bond acceptors (Lipinski definition) is 4. The van der Waals surface area contributed by atoms with Gasteiger partial charge in [0, 0.05) is 12.6 Å². The van der Waals surface area contributed by atoms with Crippen molar-refractivity contribution in [3.05, 3.63) is 23.3 Å². The monoisotopic (exact) mass is 236 g/mol. The van der Waals surface area contributed by atoms with Gasteiger partial charge in [-0.05, 0) is 50.0 Å². The Morgan fingerprint density at radius 3 is 2.65 bits per heavy atom. The minimum Gasteiger partial charge on any atom is -0.504 e. The molecule has 94 valence electrons. The third kappa shape index (κ3) is 2.23. The Hall–Kier alpha value is -1.26. The van der Waals surface area contributed by atoms with Crippen molar-refractivity contribution in [1.29, 1.82) is 0 Å². The second-order valence-electron chi connectivity index (χ2n) is 5.00. The van der Waals surface area contributed by atoms with Gasteiger partial charge in [-0.25, -0.2) is 0 Å². The average molecular weight is 236 g/mol. The third-order valence-electron chi connectivity index (χ3n) is 3.66. The number of benzene rings is 1. The predicted molar refractivity (Wildman–Crippen MR) is 67.0 cm³/mol. The van der Waals surface area contributed by atoms with Gasteiger partial charge in [0.15, 0.2) is 11.5 Å². The van der Waals surface area contributed by atoms with Gasteiger partial charge in [0.05, 0.1) is 0 Å². The summed E-state index contributed by atoms with van der Waals surface area (Å²) in [5.41, 5.74) is 7.47. The van der Waals surface area contributed by atoms with E-state index in [1.807, 2.05) is 6.07 Å². The second kappa shape index (κ2) is 4.55. The van der Waals surface area contributed by atoms with Crippen molar-refractivity contribution in [1.82, 2.24) is 4.90 Å². The van der Waals surface area contributed by atoms with Crippen LogP contribution >= 0.6 is 0 Å². The molecule has 4 N–H and O–H groups in total. The van der Waals surface area contributed by atoms with E-state index in [9.17, 15) is 10.2 Å². The molecule has 1 aromatic carbocycles. The number of hydrogen-bond donors (Lipinski definition) is 3. The highest BCUT2D eigenvalue weighted by atomic mass is 16.3. The zero-order valence-corrected chi connectivity index (χ0v) is 10.3. The van der Waals surface area contributed by atoms with E-state index < -0.39 is 0 Å². The molecule has 17 heavy (non-hydrogen) atoms. The summed E-state index contributed by atoms with van der Waals surface area (Å²) in [7, 11) is 2.07. The molecule has 2 unspecified atom stereocenters. The molecule has 2 atom stereocenters. The van der Waals surface area contributed by atoms with Crippen LogP contribution in [0.3, 0.4) is 0 Å². The van der Waals surface area contributed by atoms with E-state index in [0.717, 1.165) is 18.5 Å². The van der Waals surface area contributed by atoms with Crippen LogP contribution in [-0.4, -0.2) is 35.3 Å². The molecule has 1 heterocycles. The lowest BCUT2D eigenvalue weighted by molar-refractivity contribution is 0.312. The Balaban J connectivity index is 2.29. The number of nitrogens with two attached hydrogens (primary N) is 1. The molecule has 1 aromatic rings. The van der Waals surface area contributed by atoms with Crippen molar-refractivity contribution in [3.63, 3.8) is 0 Å². The predicted octanol–water partition coefficient (Wildman–Crippen LogP) is 1.36. The topological polar surface area (TPSA) is 69.7 Å². The number of rotatable bonds is 2. The van der Waals surface area contributed by atoms with Crippen molar-refractivity contribution >= 4 is 0 Å². The van der Waals surface area contributed by atoms with E-state index in [1.54, 1.807) is 13.0 Å². The van der Waals surface area contributed by atoms with Gasteiger partial charge in [-0.1, -0.05) is 6.07 Å². The maximum Gasteiger partial charge on any atom is 0.160 e. The Morgan fingerprint density at radius 2 is 2.12 bits per heavy atom. The van der Waals surface area contributed by atoms with Gasteiger partial charge in [0.2, 0.25) is 0 Å². The zero-order valence-electron chi connectivity index (χ0n) is 10.3. The molecule has 4 nitrogen and oxygen atoms in total. The number of phenolic OH excluding ortho intramolecular Hbond substituents is 2. The molecule has 1 saturated heterocycles. The Morgan fingerprint density at radius 1 is 1.41 bits per heavy atom. The van der Waals surface area contributed by atoms with Crippen molar-refractivity contribution in [3.8, 4) is 11.5 Å². The summed E-state index contributed by atoms with van der Waals surface area (Å²) in [5, 5.41) is 19.2. The smallest absolute Gasteiger partial charge is 0.160 e. The summed E-state index contributed by atoms with van der Waals surface area (Å²) < 4.78 is 0. The van der Waals surface area contributed by atoms with Crippen LogP contribution in [0, 0.1) is 12.8 Å². The summed E-state index contributed by atoms with van der Waals surface area (Å²) in [6.07, 6.45) is 1.01. The molecule has 0 saturated carbocycles. The molecule has 0 amide bonds. The molecular formula is C13H20N2O2. The summed E-state index contributed by atoms with van der Waals surface area (Å²) in [4.78, 5) is 2.25. The van der Waals surface area contributed by atoms with Crippen molar-refractivity contribution in [2.75, 3.05) is 20.1 Å². The summed E-state index contributed by atoms with van der Waals surface area (Å²) in [6.45, 7) is 3.49. The highest BCUT2D eigenvalue weighted by Crippen LogP contribution is 2.38. The van der Waals surface area contributed by atoms with Gasteiger partial charge < -0.3 is 15.9 Å². The van der Waals surface area contributed by atoms with Crippen molar-refractivity contribution < 1.29 is 10.2 Å². The second-order valence-corrected chi connectivity index (χ2v) is 5.00. The Bertz CT molecular complexity index is 397. The lowest BCUT2D eigenvalue weighted by atomic mass is 9.98. The number of phenols is 2. The number of nitrogens with zero attached hydrogens (tertiary/aromatic N) is 1. The molecule has 0 bridgehead atoms. The van der Waals surface area contributed by atoms with E-state index in [1.165, 1.54) is 0 Å². The van der Waals surface area contributed by atoms with E-state index >= 15 is 0 Å². The molecular weight excluding hydrogens is 216 g/mol. The van der Waals surface area contributed by atoms with Crippen LogP contribution < -0.4 is 5.73 Å². The lowest BCUT2D eigenvalue weighted by Crippen LogP contribution is -2.20. The number of aromatic hydroxyl groups is 2. The normalized spacial score (nSPS) is 25.4. The van der Waals surface area contributed by atoms with Gasteiger partial charge in [0.1, 0.15) is 0 Å². The van der Waals surface area contributed by atoms with Gasteiger partial charge in [-0.3, -0.25) is 4.90 Å². The lowest BCUT2D eigenvalue weighted by Gasteiger charge is -2.20. The quantitative estimate of drug-likeness (QED) is 0.678. The van der Waals surface area contributed by atoms with Crippen molar-refractivity contribution in [2.45, 2.75) is 19.4 Å². The maximum atomic E-state index is 9.66. The summed E-state index contributed by atoms with van der Waals surface area (Å²) in [6, 6.07) is 3.88. The van der Waals surface area contributed by atoms with Crippen LogP contribution in [0.2, 0.25) is 0 Å². The highest BCUT2D eigenvalue weighted by Gasteiger charge is 2.30. The molecule has 0 radical (unpaired) electrons. The first kappa shape index (κ1) is 12.2. The zero-order chi connectivity index (χ0) is 12.6. The van der Waals surface area contributed by atoms with Gasteiger partial charge in [-0.15, -0.1) is 0 Å². The fraction of sp³-hybridized carbons (Fsp3) is 0.538. The van der Waals surface area contributed by atoms with Gasteiger partial charge in [-0.2, -0.15) is 0 Å². The standard InChI is InChI=1S/C13H20N2O2/c1-8-3-10(5-12(16)13(8)17)11-4-9(6-14)7-15(11)2/h3,5,9,11,16-17H,4,6-7,14H2,1-2H3. The van der Waals surface area contributed by atoms with Crippen LogP contribution in [0.5, 0.6) is 11.5 Å². The third-order valence-corrected chi connectivity index (χ3v) is 3.66. The first-order valence-corrected chi connectivity index (χ1v) is 5.95. The van der Waals surface area contributed by atoms with Crippen LogP contribution in [0.1, 0.15) is 23.6 Å². The van der Waals surface area contributed by atoms with Gasteiger partial charge in [0.25, 0.3) is 0 Å². The molecule has 2 rings (SSSR count). The molecule has 1 aliphatic rings. The minimum absolute atomic E-state index is 0.0234. The van der Waals surface area contributed by atoms with Crippen LogP contribution in [0.25, 0.3) is 0 Å². The van der Waals surface area contributed by atoms with Crippen LogP contribution in [0.4, 0.5) is 0 Å². The molecule has 1 fully saturated rings. The van der Waals surface area contributed by atoms with Crippen LogP contribution in [0.15, 0.2) is 12.1 Å². The maximum absolute atomic E-state index is 9.66. The molecule has 0 aliphatic carbocycles. The van der Waals surface area contributed by atoms with Crippen molar-refractivity contribution in [2.24, 2.45) is 11.7 Å². The van der Waals surface area contributed by atoms with Crippen LogP contribution in [-0.2, 0) is 0 Å². The summed E-state index contributed by atoms with van der Waals surface area (Å²) in [5.74, 6) is 0.454. The largest absolute Gasteiger partial charge is 0.504 e. The van der Waals surface area contributed by atoms with E-state index in [4.69, 9.17) is 5.73 Å².